The van der Waals surface area contributed by atoms with E-state index in [1.165, 1.54) is 6.42 Å². The number of hydrogen-bond donors (Lipinski definition) is 2. The van der Waals surface area contributed by atoms with Crippen LogP contribution in [0.15, 0.2) is 0 Å². The van der Waals surface area contributed by atoms with E-state index >= 15 is 0 Å². The van der Waals surface area contributed by atoms with Gasteiger partial charge in [0.05, 0.1) is 12.2 Å². The first kappa shape index (κ1) is 14.9. The molecule has 0 amide bonds. The lowest BCUT2D eigenvalue weighted by atomic mass is 10.2. The van der Waals surface area contributed by atoms with Crippen LogP contribution in [0.1, 0.15) is 41.0 Å². The highest BCUT2D eigenvalue weighted by Crippen LogP contribution is 2.04. The Bertz CT molecular complexity index is 143. The first-order chi connectivity index (χ1) is 6.95. The van der Waals surface area contributed by atoms with Crippen molar-refractivity contribution >= 4 is 0 Å². The van der Waals surface area contributed by atoms with E-state index in [9.17, 15) is 0 Å². The fourth-order valence-corrected chi connectivity index (χ4v) is 1.23. The van der Waals surface area contributed by atoms with Crippen LogP contribution in [0.2, 0.25) is 0 Å². The molecule has 1 unspecified atom stereocenters. The van der Waals surface area contributed by atoms with Gasteiger partial charge in [0.15, 0.2) is 0 Å². The zero-order valence-electron chi connectivity index (χ0n) is 11.0. The Morgan fingerprint density at radius 2 is 1.87 bits per heavy atom. The summed E-state index contributed by atoms with van der Waals surface area (Å²) in [6, 6.07) is 0.514. The first-order valence-electron chi connectivity index (χ1n) is 6.03. The zero-order valence-corrected chi connectivity index (χ0v) is 11.0. The molecule has 0 saturated carbocycles. The lowest BCUT2D eigenvalue weighted by Crippen LogP contribution is -2.39. The Hall–Kier alpha value is -0.120. The Morgan fingerprint density at radius 1 is 1.20 bits per heavy atom. The van der Waals surface area contributed by atoms with Gasteiger partial charge < -0.3 is 15.4 Å². The minimum Gasteiger partial charge on any atom is -0.375 e. The molecular formula is C12H28N2O. The molecule has 3 heteroatoms. The molecule has 0 aliphatic carbocycles. The van der Waals surface area contributed by atoms with Crippen LogP contribution in [0.3, 0.4) is 0 Å². The lowest BCUT2D eigenvalue weighted by Gasteiger charge is -2.21. The van der Waals surface area contributed by atoms with Crippen LogP contribution >= 0.6 is 0 Å². The highest BCUT2D eigenvalue weighted by molar-refractivity contribution is 4.64. The largest absolute Gasteiger partial charge is 0.375 e. The first-order valence-corrected chi connectivity index (χ1v) is 6.03. The molecule has 2 N–H and O–H groups in total. The Kier molecular flexibility index (Phi) is 8.02. The summed E-state index contributed by atoms with van der Waals surface area (Å²) in [5, 5.41) is 6.82. The van der Waals surface area contributed by atoms with Gasteiger partial charge in [0.2, 0.25) is 0 Å². The van der Waals surface area contributed by atoms with Crippen LogP contribution in [0.4, 0.5) is 0 Å². The summed E-state index contributed by atoms with van der Waals surface area (Å²) >= 11 is 0. The van der Waals surface area contributed by atoms with Crippen molar-refractivity contribution in [3.05, 3.63) is 0 Å². The molecular weight excluding hydrogens is 188 g/mol. The van der Waals surface area contributed by atoms with Crippen LogP contribution in [0, 0.1) is 0 Å². The lowest BCUT2D eigenvalue weighted by molar-refractivity contribution is -0.00146. The van der Waals surface area contributed by atoms with Gasteiger partial charge in [-0.2, -0.15) is 0 Å². The summed E-state index contributed by atoms with van der Waals surface area (Å²) in [5.74, 6) is 0. The molecule has 0 bridgehead atoms. The topological polar surface area (TPSA) is 33.3 Å². The molecule has 0 aromatic carbocycles. The van der Waals surface area contributed by atoms with Crippen LogP contribution < -0.4 is 10.6 Å². The molecule has 1 atom stereocenters. The maximum Gasteiger partial charge on any atom is 0.0599 e. The fraction of sp³-hybridized carbons (Fsp3) is 1.00. The molecule has 0 radical (unpaired) electrons. The van der Waals surface area contributed by atoms with E-state index in [1.807, 2.05) is 0 Å². The average molecular weight is 216 g/mol. The summed E-state index contributed by atoms with van der Waals surface area (Å²) in [5.41, 5.74) is -0.0224. The second-order valence-corrected chi connectivity index (χ2v) is 5.02. The Balaban J connectivity index is 3.27. The van der Waals surface area contributed by atoms with Gasteiger partial charge >= 0.3 is 0 Å². The van der Waals surface area contributed by atoms with Crippen LogP contribution in [0.25, 0.3) is 0 Å². The van der Waals surface area contributed by atoms with Gasteiger partial charge in [0.25, 0.3) is 0 Å². The SMILES string of the molecule is CCCNCC(C)NCCOC(C)(C)C. The van der Waals surface area contributed by atoms with Crippen LogP contribution in [-0.4, -0.2) is 37.9 Å². The Morgan fingerprint density at radius 3 is 2.40 bits per heavy atom. The quantitative estimate of drug-likeness (QED) is 0.607. The molecule has 0 spiro atoms. The molecule has 0 aromatic heterocycles. The summed E-state index contributed by atoms with van der Waals surface area (Å²) < 4.78 is 5.62. The van der Waals surface area contributed by atoms with E-state index in [2.05, 4.69) is 45.3 Å². The Labute approximate surface area is 95.0 Å². The van der Waals surface area contributed by atoms with E-state index in [0.29, 0.717) is 6.04 Å². The summed E-state index contributed by atoms with van der Waals surface area (Å²) in [7, 11) is 0. The van der Waals surface area contributed by atoms with Crippen molar-refractivity contribution in [2.45, 2.75) is 52.7 Å². The van der Waals surface area contributed by atoms with Crippen molar-refractivity contribution in [1.29, 1.82) is 0 Å². The highest BCUT2D eigenvalue weighted by atomic mass is 16.5. The van der Waals surface area contributed by atoms with Crippen molar-refractivity contribution in [2.75, 3.05) is 26.2 Å². The normalized spacial score (nSPS) is 14.2. The third-order valence-electron chi connectivity index (χ3n) is 2.01. The second kappa shape index (κ2) is 8.08. The molecule has 0 saturated heterocycles. The molecule has 0 fully saturated rings. The van der Waals surface area contributed by atoms with Gasteiger partial charge in [-0.3, -0.25) is 0 Å². The van der Waals surface area contributed by atoms with Crippen LogP contribution in [0.5, 0.6) is 0 Å². The summed E-state index contributed by atoms with van der Waals surface area (Å²) in [6.45, 7) is 14.5. The molecule has 0 rings (SSSR count). The van der Waals surface area contributed by atoms with Crippen molar-refractivity contribution in [1.82, 2.24) is 10.6 Å². The van der Waals surface area contributed by atoms with Crippen molar-refractivity contribution in [3.63, 3.8) is 0 Å². The number of ether oxygens (including phenoxy) is 1. The van der Waals surface area contributed by atoms with E-state index < -0.39 is 0 Å². The van der Waals surface area contributed by atoms with Crippen molar-refractivity contribution in [2.24, 2.45) is 0 Å². The van der Waals surface area contributed by atoms with Gasteiger partial charge in [-0.15, -0.1) is 0 Å². The highest BCUT2D eigenvalue weighted by Gasteiger charge is 2.09. The van der Waals surface area contributed by atoms with Gasteiger partial charge in [-0.25, -0.2) is 0 Å². The van der Waals surface area contributed by atoms with E-state index in [-0.39, 0.29) is 5.60 Å². The smallest absolute Gasteiger partial charge is 0.0599 e. The van der Waals surface area contributed by atoms with E-state index in [4.69, 9.17) is 4.74 Å². The zero-order chi connectivity index (χ0) is 11.7. The third kappa shape index (κ3) is 11.8. The number of hydrogen-bond acceptors (Lipinski definition) is 3. The van der Waals surface area contributed by atoms with Crippen molar-refractivity contribution in [3.8, 4) is 0 Å². The van der Waals surface area contributed by atoms with Gasteiger partial charge in [-0.05, 0) is 40.7 Å². The second-order valence-electron chi connectivity index (χ2n) is 5.02. The molecule has 15 heavy (non-hydrogen) atoms. The predicted molar refractivity (Wildman–Crippen MR) is 66.3 cm³/mol. The molecule has 3 nitrogen and oxygen atoms in total. The minimum atomic E-state index is -0.0224. The third-order valence-corrected chi connectivity index (χ3v) is 2.01. The standard InChI is InChI=1S/C12H28N2O/c1-6-7-13-10-11(2)14-8-9-15-12(3,4)5/h11,13-14H,6-10H2,1-5H3. The minimum absolute atomic E-state index is 0.0224. The van der Waals surface area contributed by atoms with E-state index in [0.717, 1.165) is 26.2 Å². The number of nitrogens with one attached hydrogen (secondary N) is 2. The van der Waals surface area contributed by atoms with Gasteiger partial charge in [-0.1, -0.05) is 6.92 Å². The van der Waals surface area contributed by atoms with Gasteiger partial charge in [0.1, 0.15) is 0 Å². The average Bonchev–Trinajstić information content (AvgIpc) is 2.11. The summed E-state index contributed by atoms with van der Waals surface area (Å²) in [6.07, 6.45) is 1.19. The molecule has 92 valence electrons. The maximum atomic E-state index is 5.62. The number of rotatable bonds is 8. The molecule has 0 aliphatic heterocycles. The van der Waals surface area contributed by atoms with Crippen molar-refractivity contribution < 1.29 is 4.74 Å². The predicted octanol–water partition coefficient (Wildman–Crippen LogP) is 1.78. The molecule has 0 heterocycles. The van der Waals surface area contributed by atoms with E-state index in [1.54, 1.807) is 0 Å². The maximum absolute atomic E-state index is 5.62. The molecule has 0 aliphatic rings. The van der Waals surface area contributed by atoms with Gasteiger partial charge in [0, 0.05) is 19.1 Å². The summed E-state index contributed by atoms with van der Waals surface area (Å²) in [4.78, 5) is 0. The van der Waals surface area contributed by atoms with Crippen LogP contribution in [-0.2, 0) is 4.74 Å². The molecule has 0 aromatic rings. The monoisotopic (exact) mass is 216 g/mol. The fourth-order valence-electron chi connectivity index (χ4n) is 1.23.